The largest absolute Gasteiger partial charge is 0.309 e. The second kappa shape index (κ2) is 11.9. The predicted molar refractivity (Wildman–Crippen MR) is 109 cm³/mol. The van der Waals surface area contributed by atoms with Crippen molar-refractivity contribution in [3.8, 4) is 0 Å². The summed E-state index contributed by atoms with van der Waals surface area (Å²) in [5.74, 6) is 0. The molecule has 0 radical (unpaired) electrons. The molecule has 0 atom stereocenters. The third-order valence-corrected chi connectivity index (χ3v) is 3.97. The second-order valence-corrected chi connectivity index (χ2v) is 7.01. The van der Waals surface area contributed by atoms with Crippen LogP contribution in [0.4, 0.5) is 0 Å². The van der Waals surface area contributed by atoms with Gasteiger partial charge in [-0.2, -0.15) is 0 Å². The van der Waals surface area contributed by atoms with Crippen LogP contribution in [0.25, 0.3) is 0 Å². The van der Waals surface area contributed by atoms with Gasteiger partial charge in [-0.25, -0.2) is 4.98 Å². The number of nitrogens with zero attached hydrogens (tertiary/aromatic N) is 5. The number of aromatic nitrogens is 1. The summed E-state index contributed by atoms with van der Waals surface area (Å²) in [7, 11) is 8.39. The molecule has 25 heavy (non-hydrogen) atoms. The molecule has 0 aliphatic carbocycles. The smallest absolute Gasteiger partial charge is 0.0845 e. The Hall–Kier alpha value is -1.59. The molecular formula is C20H35N5. The van der Waals surface area contributed by atoms with Gasteiger partial charge in [-0.1, -0.05) is 6.07 Å². The van der Waals surface area contributed by atoms with Gasteiger partial charge in [0.1, 0.15) is 0 Å². The Balaban J connectivity index is 2.59. The molecule has 0 amide bonds. The van der Waals surface area contributed by atoms with Gasteiger partial charge in [0, 0.05) is 13.1 Å². The van der Waals surface area contributed by atoms with Gasteiger partial charge in [0.2, 0.25) is 0 Å². The fourth-order valence-corrected chi connectivity index (χ4v) is 2.42. The Kier molecular flexibility index (Phi) is 10.2. The molecule has 140 valence electrons. The van der Waals surface area contributed by atoms with Crippen molar-refractivity contribution in [2.24, 2.45) is 9.98 Å². The number of hydrogen-bond acceptors (Lipinski definition) is 5. The molecule has 0 unspecified atom stereocenters. The minimum absolute atomic E-state index is 0.842. The van der Waals surface area contributed by atoms with E-state index in [1.165, 1.54) is 6.42 Å². The van der Waals surface area contributed by atoms with E-state index < -0.39 is 0 Å². The molecule has 0 bridgehead atoms. The highest BCUT2D eigenvalue weighted by Gasteiger charge is 2.04. The van der Waals surface area contributed by atoms with E-state index in [2.05, 4.69) is 48.0 Å². The van der Waals surface area contributed by atoms with Crippen LogP contribution in [0.3, 0.4) is 0 Å². The van der Waals surface area contributed by atoms with Crippen molar-refractivity contribution >= 4 is 11.4 Å². The van der Waals surface area contributed by atoms with Gasteiger partial charge >= 0.3 is 0 Å². The highest BCUT2D eigenvalue weighted by atomic mass is 15.1. The zero-order chi connectivity index (χ0) is 18.7. The van der Waals surface area contributed by atoms with Crippen LogP contribution >= 0.6 is 0 Å². The molecule has 0 aliphatic rings. The fourth-order valence-electron chi connectivity index (χ4n) is 2.42. The van der Waals surface area contributed by atoms with Gasteiger partial charge in [-0.15, -0.1) is 0 Å². The zero-order valence-electron chi connectivity index (χ0n) is 16.9. The lowest BCUT2D eigenvalue weighted by molar-refractivity contribution is 0.396. The topological polar surface area (TPSA) is 44.1 Å². The highest BCUT2D eigenvalue weighted by molar-refractivity contribution is 6.00. The summed E-state index contributed by atoms with van der Waals surface area (Å²) in [6.45, 7) is 7.96. The van der Waals surface area contributed by atoms with Crippen molar-refractivity contribution in [2.45, 2.75) is 33.1 Å². The van der Waals surface area contributed by atoms with Crippen LogP contribution in [0.15, 0.2) is 28.2 Å². The van der Waals surface area contributed by atoms with Gasteiger partial charge in [0.05, 0.1) is 22.8 Å². The van der Waals surface area contributed by atoms with Crippen molar-refractivity contribution in [1.29, 1.82) is 0 Å². The molecule has 0 aliphatic heterocycles. The van der Waals surface area contributed by atoms with E-state index in [0.717, 1.165) is 61.8 Å². The van der Waals surface area contributed by atoms with Crippen molar-refractivity contribution in [3.05, 3.63) is 29.6 Å². The maximum absolute atomic E-state index is 4.73. The molecule has 1 aromatic rings. The number of pyridine rings is 1. The third-order valence-electron chi connectivity index (χ3n) is 3.97. The number of rotatable bonds is 11. The van der Waals surface area contributed by atoms with E-state index in [4.69, 9.17) is 4.98 Å². The minimum atomic E-state index is 0.842. The number of unbranched alkanes of at least 4 members (excludes halogenated alkanes) is 1. The SMILES string of the molecule is CC(=NCCCCN(C)C)c1cccc(C(C)=NCCCN(C)C)n1. The van der Waals surface area contributed by atoms with E-state index >= 15 is 0 Å². The third kappa shape index (κ3) is 9.46. The van der Waals surface area contributed by atoms with Crippen molar-refractivity contribution in [3.63, 3.8) is 0 Å². The van der Waals surface area contributed by atoms with Crippen molar-refractivity contribution in [2.75, 3.05) is 54.4 Å². The maximum atomic E-state index is 4.73. The van der Waals surface area contributed by atoms with Crippen LogP contribution < -0.4 is 0 Å². The van der Waals surface area contributed by atoms with Crippen LogP contribution in [-0.4, -0.2) is 80.6 Å². The molecule has 1 rings (SSSR count). The number of hydrogen-bond donors (Lipinski definition) is 0. The van der Waals surface area contributed by atoms with E-state index in [0.29, 0.717) is 0 Å². The summed E-state index contributed by atoms with van der Waals surface area (Å²) in [4.78, 5) is 18.5. The Morgan fingerprint density at radius 2 is 1.28 bits per heavy atom. The molecule has 1 heterocycles. The lowest BCUT2D eigenvalue weighted by Crippen LogP contribution is -2.14. The molecule has 5 nitrogen and oxygen atoms in total. The first kappa shape index (κ1) is 21.5. The lowest BCUT2D eigenvalue weighted by Gasteiger charge is -2.08. The van der Waals surface area contributed by atoms with Crippen LogP contribution in [-0.2, 0) is 0 Å². The first-order valence-electron chi connectivity index (χ1n) is 9.19. The summed E-state index contributed by atoms with van der Waals surface area (Å²) < 4.78 is 0. The highest BCUT2D eigenvalue weighted by Crippen LogP contribution is 2.04. The standard InChI is InChI=1S/C20H35N5/c1-17(21-13-7-8-15-24(3)4)19-11-9-12-20(23-19)18(2)22-14-10-16-25(5)6/h9,11-12H,7-8,10,13-16H2,1-6H3. The zero-order valence-corrected chi connectivity index (χ0v) is 16.9. The van der Waals surface area contributed by atoms with Crippen LogP contribution in [0, 0.1) is 0 Å². The van der Waals surface area contributed by atoms with Crippen molar-refractivity contribution in [1.82, 2.24) is 14.8 Å². The van der Waals surface area contributed by atoms with Gasteiger partial charge in [-0.3, -0.25) is 9.98 Å². The summed E-state index contributed by atoms with van der Waals surface area (Å²) in [5, 5.41) is 0. The Labute approximate surface area is 153 Å². The van der Waals surface area contributed by atoms with Crippen molar-refractivity contribution < 1.29 is 0 Å². The fraction of sp³-hybridized carbons (Fsp3) is 0.650. The average Bonchev–Trinajstić information content (AvgIpc) is 2.57. The molecule has 5 heteroatoms. The van der Waals surface area contributed by atoms with Gasteiger partial charge < -0.3 is 9.80 Å². The Morgan fingerprint density at radius 1 is 0.800 bits per heavy atom. The lowest BCUT2D eigenvalue weighted by atomic mass is 10.2. The number of aliphatic imine (C=N–C) groups is 2. The summed E-state index contributed by atoms with van der Waals surface area (Å²) >= 11 is 0. The monoisotopic (exact) mass is 345 g/mol. The molecule has 0 saturated carbocycles. The Morgan fingerprint density at radius 3 is 1.80 bits per heavy atom. The normalized spacial score (nSPS) is 13.1. The first-order chi connectivity index (χ1) is 11.9. The van der Waals surface area contributed by atoms with E-state index in [-0.39, 0.29) is 0 Å². The predicted octanol–water partition coefficient (Wildman–Crippen LogP) is 2.99. The first-order valence-corrected chi connectivity index (χ1v) is 9.19. The molecule has 0 aromatic carbocycles. The maximum Gasteiger partial charge on any atom is 0.0845 e. The van der Waals surface area contributed by atoms with Gasteiger partial charge in [0.25, 0.3) is 0 Å². The van der Waals surface area contributed by atoms with E-state index in [1.54, 1.807) is 0 Å². The molecule has 0 fully saturated rings. The molecular weight excluding hydrogens is 310 g/mol. The molecule has 1 aromatic heterocycles. The van der Waals surface area contributed by atoms with E-state index in [1.807, 2.05) is 32.0 Å². The molecule has 0 N–H and O–H groups in total. The van der Waals surface area contributed by atoms with Crippen LogP contribution in [0.5, 0.6) is 0 Å². The summed E-state index contributed by atoms with van der Waals surface area (Å²) in [6.07, 6.45) is 3.36. The minimum Gasteiger partial charge on any atom is -0.309 e. The van der Waals surface area contributed by atoms with Crippen LogP contribution in [0.1, 0.15) is 44.5 Å². The molecule has 0 saturated heterocycles. The summed E-state index contributed by atoms with van der Waals surface area (Å²) in [5.41, 5.74) is 3.91. The van der Waals surface area contributed by atoms with Gasteiger partial charge in [-0.05, 0) is 86.5 Å². The Bertz CT molecular complexity index is 561. The van der Waals surface area contributed by atoms with E-state index in [9.17, 15) is 0 Å². The quantitative estimate of drug-likeness (QED) is 0.457. The molecule has 0 spiro atoms. The van der Waals surface area contributed by atoms with Gasteiger partial charge in [0.15, 0.2) is 0 Å². The van der Waals surface area contributed by atoms with Crippen LogP contribution in [0.2, 0.25) is 0 Å². The second-order valence-electron chi connectivity index (χ2n) is 7.01. The average molecular weight is 346 g/mol. The summed E-state index contributed by atoms with van der Waals surface area (Å²) in [6, 6.07) is 6.10.